The number of methoxy groups -OCH3 is 1. The maximum absolute atomic E-state index is 14.6. The number of ether oxygens (including phenoxy) is 1. The SMILES string of the molecule is COC(=O)C(CSC1=C2NC(=O)\C(C)=C/C=C/C=C\C(C)C(O)CC(=O)/C(C)=C\CC(O)/C=C\[C@H](C)[C@H](O)[C@@H](C)/C=C(\C)C(=O)c3c(O)c(C)cc(c3C1=O)C2=O)NC(C)=O. The van der Waals surface area contributed by atoms with Crippen molar-refractivity contribution in [2.45, 2.75) is 92.6 Å². The van der Waals surface area contributed by atoms with Gasteiger partial charge in [0.1, 0.15) is 17.5 Å². The first kappa shape index (κ1) is 49.9. The van der Waals surface area contributed by atoms with Crippen LogP contribution in [0.4, 0.5) is 0 Å². The number of Topliss-reactive ketones (excluding diaryl/α,β-unsaturated/α-hetero) is 4. The zero-order chi connectivity index (χ0) is 45.9. The fourth-order valence-corrected chi connectivity index (χ4v) is 7.56. The molecular formula is C46H56N2O12S. The largest absolute Gasteiger partial charge is 0.507 e. The van der Waals surface area contributed by atoms with Crippen LogP contribution in [0, 0.1) is 24.7 Å². The first-order valence-corrected chi connectivity index (χ1v) is 20.8. The van der Waals surface area contributed by atoms with Crippen molar-refractivity contribution in [1.82, 2.24) is 10.6 Å². The van der Waals surface area contributed by atoms with Crippen molar-refractivity contribution >= 4 is 52.7 Å². The lowest BCUT2D eigenvalue weighted by molar-refractivity contribution is -0.144. The van der Waals surface area contributed by atoms with Crippen LogP contribution in [0.15, 0.2) is 88.1 Å². The molecule has 0 radical (unpaired) electrons. The van der Waals surface area contributed by atoms with E-state index in [9.17, 15) is 54.0 Å². The zero-order valence-corrected chi connectivity index (χ0v) is 36.7. The maximum Gasteiger partial charge on any atom is 0.329 e. The molecule has 0 saturated carbocycles. The fourth-order valence-electron chi connectivity index (χ4n) is 6.49. The number of carbonyl (C=O) groups is 7. The number of aryl methyl sites for hydroxylation is 1. The van der Waals surface area contributed by atoms with Crippen molar-refractivity contribution in [1.29, 1.82) is 0 Å². The van der Waals surface area contributed by atoms with Crippen LogP contribution in [0.5, 0.6) is 5.75 Å². The standard InChI is InChI=1S/C46H56N2O12S/c1-23-13-11-10-12-14-26(4)45(58)48-38-42(56)32-20-29(7)41(55)37(36(32)43(57)44(38)61-22-33(46(59)60-9)47-30(8)49)40(54)28(6)19-27(5)39(53)25(3)16-18-31(50)17-15-24(2)35(52)21-34(23)51/h10-16,18-20,23,25,27,31,33-34,39,50-51,53,55H,17,21-22H2,1-9H3,(H,47,49)(H,48,58)/b12-10+,13-11-,18-16-,24-15-,26-14-,28-19+/t23?,25-,27-,31?,33?,34?,39-/m0/s1. The summed E-state index contributed by atoms with van der Waals surface area (Å²) < 4.78 is 4.81. The first-order valence-electron chi connectivity index (χ1n) is 19.8. The molecule has 15 heteroatoms. The number of allylic oxidation sites excluding steroid dienone is 8. The summed E-state index contributed by atoms with van der Waals surface area (Å²) in [4.78, 5) is 93.8. The summed E-state index contributed by atoms with van der Waals surface area (Å²) in [6, 6.07) is -0.0499. The number of carbonyl (C=O) groups excluding carboxylic acids is 7. The van der Waals surface area contributed by atoms with E-state index in [1.165, 1.54) is 58.1 Å². The molecule has 4 unspecified atom stereocenters. The number of aliphatic hydroxyl groups is 3. The summed E-state index contributed by atoms with van der Waals surface area (Å²) in [5.74, 6) is -7.66. The number of esters is 1. The molecular weight excluding hydrogens is 805 g/mol. The summed E-state index contributed by atoms with van der Waals surface area (Å²) in [7, 11) is 1.10. The van der Waals surface area contributed by atoms with E-state index in [-0.39, 0.29) is 51.6 Å². The van der Waals surface area contributed by atoms with Crippen LogP contribution in [0.25, 0.3) is 0 Å². The molecule has 7 atom stereocenters. The Balaban J connectivity index is 2.23. The number of hydrogen-bond donors (Lipinski definition) is 6. The van der Waals surface area contributed by atoms with Gasteiger partial charge in [0.25, 0.3) is 5.91 Å². The minimum Gasteiger partial charge on any atom is -0.507 e. The average molecular weight is 861 g/mol. The van der Waals surface area contributed by atoms with Crippen LogP contribution in [-0.2, 0) is 23.9 Å². The number of rotatable bonds is 5. The molecule has 1 aromatic carbocycles. The highest BCUT2D eigenvalue weighted by Gasteiger charge is 2.40. The van der Waals surface area contributed by atoms with E-state index in [0.29, 0.717) is 17.3 Å². The number of ketones is 4. The highest BCUT2D eigenvalue weighted by Crippen LogP contribution is 2.40. The number of phenols is 1. The lowest BCUT2D eigenvalue weighted by Crippen LogP contribution is -2.42. The minimum atomic E-state index is -1.29. The molecule has 2 amide bonds. The molecule has 1 aromatic rings. The van der Waals surface area contributed by atoms with Crippen molar-refractivity contribution in [2.75, 3.05) is 12.9 Å². The molecule has 1 aliphatic carbocycles. The Kier molecular flexibility index (Phi) is 18.3. The third kappa shape index (κ3) is 13.0. The van der Waals surface area contributed by atoms with E-state index in [4.69, 9.17) is 4.74 Å². The molecule has 0 fully saturated rings. The number of phenolic OH excluding ortho intramolecular Hbond substituents is 1. The first-order chi connectivity index (χ1) is 28.6. The van der Waals surface area contributed by atoms with Gasteiger partial charge in [-0.25, -0.2) is 4.79 Å². The van der Waals surface area contributed by atoms with Crippen LogP contribution in [0.3, 0.4) is 0 Å². The Morgan fingerprint density at radius 3 is 2.16 bits per heavy atom. The van der Waals surface area contributed by atoms with Crippen molar-refractivity contribution in [3.63, 3.8) is 0 Å². The van der Waals surface area contributed by atoms with Gasteiger partial charge in [0.2, 0.25) is 17.5 Å². The summed E-state index contributed by atoms with van der Waals surface area (Å²) in [5.41, 5.74) is -1.05. The van der Waals surface area contributed by atoms with Gasteiger partial charge in [0.05, 0.1) is 35.9 Å². The Bertz CT molecular complexity index is 2160. The zero-order valence-electron chi connectivity index (χ0n) is 35.9. The van der Waals surface area contributed by atoms with Gasteiger partial charge in [-0.2, -0.15) is 0 Å². The Morgan fingerprint density at radius 2 is 1.52 bits per heavy atom. The Hall–Kier alpha value is -5.48. The van der Waals surface area contributed by atoms with Crippen molar-refractivity contribution in [2.24, 2.45) is 17.8 Å². The number of thioether (sulfide) groups is 1. The molecule has 4 rings (SSSR count). The molecule has 328 valence electrons. The van der Waals surface area contributed by atoms with Gasteiger partial charge < -0.3 is 35.8 Å². The number of benzene rings is 1. The highest BCUT2D eigenvalue weighted by molar-refractivity contribution is 8.04. The van der Waals surface area contributed by atoms with Gasteiger partial charge in [-0.05, 0) is 56.9 Å². The van der Waals surface area contributed by atoms with Crippen molar-refractivity contribution in [3.05, 3.63) is 110 Å². The molecule has 0 aromatic heterocycles. The summed E-state index contributed by atoms with van der Waals surface area (Å²) in [6.45, 7) is 12.2. The minimum absolute atomic E-state index is 0.0252. The van der Waals surface area contributed by atoms with Crippen LogP contribution in [0.2, 0.25) is 0 Å². The summed E-state index contributed by atoms with van der Waals surface area (Å²) >= 11 is 0.657. The van der Waals surface area contributed by atoms with Crippen LogP contribution in [0.1, 0.15) is 97.9 Å². The lowest BCUT2D eigenvalue weighted by Gasteiger charge is -2.25. The number of hydrogen-bond acceptors (Lipinski definition) is 13. The topological polar surface area (TPSA) is 234 Å². The predicted octanol–water partition coefficient (Wildman–Crippen LogP) is 4.86. The van der Waals surface area contributed by atoms with E-state index in [1.54, 1.807) is 58.1 Å². The maximum atomic E-state index is 14.6. The Labute approximate surface area is 360 Å². The molecule has 61 heavy (non-hydrogen) atoms. The quantitative estimate of drug-likeness (QED) is 0.172. The molecule has 0 spiro atoms. The monoisotopic (exact) mass is 860 g/mol. The van der Waals surface area contributed by atoms with E-state index < -0.39 is 99.8 Å². The average Bonchev–Trinajstić information content (AvgIpc) is 3.21. The third-order valence-corrected chi connectivity index (χ3v) is 11.6. The molecule has 4 bridgehead atoms. The summed E-state index contributed by atoms with van der Waals surface area (Å²) in [5, 5.41) is 48.8. The highest BCUT2D eigenvalue weighted by atomic mass is 32.2. The second-order valence-corrected chi connectivity index (χ2v) is 16.4. The second kappa shape index (κ2) is 22.4. The van der Waals surface area contributed by atoms with Crippen LogP contribution < -0.4 is 10.6 Å². The molecule has 2 aliphatic heterocycles. The predicted molar refractivity (Wildman–Crippen MR) is 232 cm³/mol. The molecule has 0 saturated heterocycles. The van der Waals surface area contributed by atoms with Crippen LogP contribution >= 0.6 is 11.8 Å². The second-order valence-electron chi connectivity index (χ2n) is 15.4. The molecule has 2 heterocycles. The van der Waals surface area contributed by atoms with Crippen molar-refractivity contribution < 1.29 is 58.7 Å². The van der Waals surface area contributed by atoms with Gasteiger partial charge in [-0.15, -0.1) is 11.8 Å². The van der Waals surface area contributed by atoms with E-state index in [2.05, 4.69) is 10.6 Å². The smallest absolute Gasteiger partial charge is 0.329 e. The molecule has 3 aliphatic rings. The van der Waals surface area contributed by atoms with Crippen LogP contribution in [-0.4, -0.2) is 98.6 Å². The number of fused-ring (bicyclic) bond motifs is 18. The van der Waals surface area contributed by atoms with Gasteiger partial charge in [0, 0.05) is 53.6 Å². The van der Waals surface area contributed by atoms with E-state index in [0.717, 1.165) is 7.11 Å². The van der Waals surface area contributed by atoms with E-state index in [1.807, 2.05) is 0 Å². The van der Waals surface area contributed by atoms with Crippen molar-refractivity contribution in [3.8, 4) is 5.75 Å². The third-order valence-electron chi connectivity index (χ3n) is 10.4. The van der Waals surface area contributed by atoms with E-state index >= 15 is 0 Å². The summed E-state index contributed by atoms with van der Waals surface area (Å²) in [6.07, 6.45) is 10.9. The number of aliphatic hydroxyl groups excluding tert-OH is 3. The molecule has 14 nitrogen and oxygen atoms in total. The van der Waals surface area contributed by atoms with Gasteiger partial charge >= 0.3 is 5.97 Å². The fraction of sp³-hybridized carbons (Fsp3) is 0.413. The van der Waals surface area contributed by atoms with Gasteiger partial charge in [0.15, 0.2) is 11.6 Å². The normalized spacial score (nSPS) is 28.7. The number of amides is 2. The lowest BCUT2D eigenvalue weighted by atomic mass is 9.83. The molecule has 6 N–H and O–H groups in total. The number of nitrogens with one attached hydrogen (secondary N) is 2. The van der Waals surface area contributed by atoms with Gasteiger partial charge in [-0.3, -0.25) is 28.8 Å². The number of aromatic hydroxyl groups is 1. The Morgan fingerprint density at radius 1 is 0.852 bits per heavy atom. The van der Waals surface area contributed by atoms with Gasteiger partial charge in [-0.1, -0.05) is 75.5 Å².